The lowest BCUT2D eigenvalue weighted by Crippen LogP contribution is -2.16. The Morgan fingerprint density at radius 2 is 2.15 bits per heavy atom. The molecule has 0 unspecified atom stereocenters. The Morgan fingerprint density at radius 1 is 1.38 bits per heavy atom. The Labute approximate surface area is 80.6 Å². The molecule has 74 valence electrons. The lowest BCUT2D eigenvalue weighted by molar-refractivity contribution is 0.706. The smallest absolute Gasteiger partial charge is 0.115 e. The second kappa shape index (κ2) is 9.13. The van der Waals surface area contributed by atoms with Crippen LogP contribution < -0.4 is 5.32 Å². The first-order valence-corrected chi connectivity index (χ1v) is 4.89. The van der Waals surface area contributed by atoms with Crippen LogP contribution in [0.4, 0.5) is 0 Å². The fourth-order valence-electron chi connectivity index (χ4n) is 0.859. The maximum Gasteiger partial charge on any atom is 0.115 e. The Kier molecular flexibility index (Phi) is 8.46. The topological polar surface area (TPSA) is 37.8 Å². The third-order valence-electron chi connectivity index (χ3n) is 1.45. The molecule has 0 atom stereocenters. The summed E-state index contributed by atoms with van der Waals surface area (Å²) in [6.07, 6.45) is 4.34. The number of hydrogen-bond donors (Lipinski definition) is 1. The summed E-state index contributed by atoms with van der Waals surface area (Å²) in [5.41, 5.74) is 1.10. The lowest BCUT2D eigenvalue weighted by Gasteiger charge is -1.99. The van der Waals surface area contributed by atoms with Crippen LogP contribution in [0.5, 0.6) is 0 Å². The highest BCUT2D eigenvalue weighted by molar-refractivity contribution is 4.97. The molecule has 3 heteroatoms. The molecule has 1 rings (SSSR count). The third-order valence-corrected chi connectivity index (χ3v) is 1.45. The van der Waals surface area contributed by atoms with E-state index in [2.05, 4.69) is 22.2 Å². The van der Waals surface area contributed by atoms with Crippen molar-refractivity contribution in [3.63, 3.8) is 0 Å². The second-order valence-electron chi connectivity index (χ2n) is 2.30. The van der Waals surface area contributed by atoms with E-state index in [1.165, 1.54) is 0 Å². The van der Waals surface area contributed by atoms with Gasteiger partial charge in [0.1, 0.15) is 6.33 Å². The number of hydrogen-bond acceptors (Lipinski definition) is 3. The summed E-state index contributed by atoms with van der Waals surface area (Å²) in [6, 6.07) is 1.94. The monoisotopic (exact) mass is 181 g/mol. The zero-order valence-corrected chi connectivity index (χ0v) is 8.75. The summed E-state index contributed by atoms with van der Waals surface area (Å²) < 4.78 is 0. The Morgan fingerprint density at radius 3 is 2.69 bits per heavy atom. The minimum absolute atomic E-state index is 0.982. The number of nitrogens with one attached hydrogen (secondary N) is 1. The van der Waals surface area contributed by atoms with Crippen LogP contribution in [0.1, 0.15) is 26.5 Å². The quantitative estimate of drug-likeness (QED) is 0.718. The van der Waals surface area contributed by atoms with E-state index in [1.54, 1.807) is 12.5 Å². The molecule has 0 spiro atoms. The van der Waals surface area contributed by atoms with E-state index in [1.807, 2.05) is 19.9 Å². The summed E-state index contributed by atoms with van der Waals surface area (Å²) in [5, 5.41) is 3.24. The lowest BCUT2D eigenvalue weighted by atomic mass is 10.3. The molecule has 0 aliphatic rings. The molecule has 1 N–H and O–H groups in total. The van der Waals surface area contributed by atoms with Crippen LogP contribution in [0.15, 0.2) is 18.6 Å². The maximum atomic E-state index is 4.10. The molecule has 1 aromatic heterocycles. The predicted octanol–water partition coefficient (Wildman–Crippen LogP) is 1.65. The predicted molar refractivity (Wildman–Crippen MR) is 55.6 cm³/mol. The van der Waals surface area contributed by atoms with Gasteiger partial charge in [0.25, 0.3) is 0 Å². The van der Waals surface area contributed by atoms with Crippen molar-refractivity contribution in [1.29, 1.82) is 0 Å². The van der Waals surface area contributed by atoms with Crippen LogP contribution in [0, 0.1) is 0 Å². The van der Waals surface area contributed by atoms with Gasteiger partial charge in [0.15, 0.2) is 0 Å². The Hall–Kier alpha value is -0.960. The van der Waals surface area contributed by atoms with E-state index < -0.39 is 0 Å². The van der Waals surface area contributed by atoms with Crippen molar-refractivity contribution in [3.05, 3.63) is 24.3 Å². The van der Waals surface area contributed by atoms with Crippen LogP contribution in [0.2, 0.25) is 0 Å². The Bertz CT molecular complexity index is 187. The van der Waals surface area contributed by atoms with Crippen molar-refractivity contribution in [1.82, 2.24) is 15.3 Å². The van der Waals surface area contributed by atoms with Gasteiger partial charge >= 0.3 is 0 Å². The molecule has 1 heterocycles. The summed E-state index contributed by atoms with van der Waals surface area (Å²) in [6.45, 7) is 8.11. The molecule has 13 heavy (non-hydrogen) atoms. The fraction of sp³-hybridized carbons (Fsp3) is 0.600. The van der Waals surface area contributed by atoms with Gasteiger partial charge in [0.2, 0.25) is 0 Å². The molecule has 0 bridgehead atoms. The number of likely N-dealkylation sites (N-methyl/N-ethyl adjacent to an activating group) is 1. The largest absolute Gasteiger partial charge is 0.317 e. The summed E-state index contributed by atoms with van der Waals surface area (Å²) in [7, 11) is 0. The average Bonchev–Trinajstić information content (AvgIpc) is 2.23. The van der Waals surface area contributed by atoms with Gasteiger partial charge in [-0.15, -0.1) is 0 Å². The van der Waals surface area contributed by atoms with Crippen LogP contribution in [-0.2, 0) is 6.42 Å². The van der Waals surface area contributed by atoms with E-state index in [9.17, 15) is 0 Å². The van der Waals surface area contributed by atoms with Crippen molar-refractivity contribution in [2.45, 2.75) is 27.2 Å². The summed E-state index contributed by atoms with van der Waals surface area (Å²) in [5.74, 6) is 0. The van der Waals surface area contributed by atoms with Crippen molar-refractivity contribution in [2.75, 3.05) is 13.1 Å². The third kappa shape index (κ3) is 6.22. The first kappa shape index (κ1) is 12.0. The average molecular weight is 181 g/mol. The maximum absolute atomic E-state index is 4.10. The molecule has 0 saturated heterocycles. The minimum atomic E-state index is 0.982. The summed E-state index contributed by atoms with van der Waals surface area (Å²) >= 11 is 0. The van der Waals surface area contributed by atoms with Crippen LogP contribution in [-0.4, -0.2) is 23.1 Å². The molecular formula is C10H19N3. The van der Waals surface area contributed by atoms with E-state index in [0.29, 0.717) is 0 Å². The van der Waals surface area contributed by atoms with Gasteiger partial charge in [0.05, 0.1) is 0 Å². The highest BCUT2D eigenvalue weighted by atomic mass is 14.9. The SMILES string of the molecule is CC.CCNCCc1ccncn1. The zero-order chi connectivity index (χ0) is 9.94. The van der Waals surface area contributed by atoms with Crippen LogP contribution >= 0.6 is 0 Å². The standard InChI is InChI=1S/C8H13N3.C2H6/c1-2-9-5-3-8-4-6-10-7-11-8;1-2/h4,6-7,9H,2-3,5H2,1H3;1-2H3. The van der Waals surface area contributed by atoms with Crippen LogP contribution in [0.25, 0.3) is 0 Å². The fourth-order valence-corrected chi connectivity index (χ4v) is 0.859. The zero-order valence-electron chi connectivity index (χ0n) is 8.75. The molecule has 0 amide bonds. The highest BCUT2D eigenvalue weighted by Crippen LogP contribution is 1.90. The molecule has 0 aliphatic carbocycles. The number of aromatic nitrogens is 2. The highest BCUT2D eigenvalue weighted by Gasteiger charge is 1.90. The van der Waals surface area contributed by atoms with E-state index in [0.717, 1.165) is 25.2 Å². The molecule has 0 saturated carbocycles. The molecule has 1 aromatic rings. The first-order chi connectivity index (χ1) is 6.43. The van der Waals surface area contributed by atoms with E-state index in [4.69, 9.17) is 0 Å². The minimum Gasteiger partial charge on any atom is -0.317 e. The second-order valence-corrected chi connectivity index (χ2v) is 2.30. The van der Waals surface area contributed by atoms with E-state index >= 15 is 0 Å². The van der Waals surface area contributed by atoms with Gasteiger partial charge in [-0.25, -0.2) is 9.97 Å². The molecule has 3 nitrogen and oxygen atoms in total. The molecule has 0 radical (unpaired) electrons. The first-order valence-electron chi connectivity index (χ1n) is 4.89. The van der Waals surface area contributed by atoms with Crippen molar-refractivity contribution < 1.29 is 0 Å². The number of nitrogens with zero attached hydrogens (tertiary/aromatic N) is 2. The Balaban J connectivity index is 0.000000671. The number of rotatable bonds is 4. The van der Waals surface area contributed by atoms with Gasteiger partial charge in [-0.3, -0.25) is 0 Å². The van der Waals surface area contributed by atoms with Gasteiger partial charge < -0.3 is 5.32 Å². The molecule has 0 aliphatic heterocycles. The molecule has 0 fully saturated rings. The van der Waals surface area contributed by atoms with Gasteiger partial charge in [-0.05, 0) is 12.6 Å². The van der Waals surface area contributed by atoms with Gasteiger partial charge in [-0.2, -0.15) is 0 Å². The molecular weight excluding hydrogens is 162 g/mol. The normalized spacial score (nSPS) is 8.85. The van der Waals surface area contributed by atoms with E-state index in [-0.39, 0.29) is 0 Å². The van der Waals surface area contributed by atoms with Crippen molar-refractivity contribution in [3.8, 4) is 0 Å². The van der Waals surface area contributed by atoms with Crippen LogP contribution in [0.3, 0.4) is 0 Å². The molecule has 0 aromatic carbocycles. The van der Waals surface area contributed by atoms with Crippen molar-refractivity contribution >= 4 is 0 Å². The van der Waals surface area contributed by atoms with Gasteiger partial charge in [-0.1, -0.05) is 20.8 Å². The van der Waals surface area contributed by atoms with Gasteiger partial charge in [0, 0.05) is 24.9 Å². The summed E-state index contributed by atoms with van der Waals surface area (Å²) in [4.78, 5) is 7.94. The van der Waals surface area contributed by atoms with Crippen molar-refractivity contribution in [2.24, 2.45) is 0 Å².